The number of hydrogen-bond acceptors (Lipinski definition) is 5. The fourth-order valence-corrected chi connectivity index (χ4v) is 3.19. The number of nitrogens with zero attached hydrogens (tertiary/aromatic N) is 3. The van der Waals surface area contributed by atoms with Crippen molar-refractivity contribution in [3.63, 3.8) is 0 Å². The van der Waals surface area contributed by atoms with Crippen molar-refractivity contribution in [3.8, 4) is 0 Å². The largest absolute Gasteiger partial charge is 0.465 e. The summed E-state index contributed by atoms with van der Waals surface area (Å²) in [5, 5.41) is 13.3. The predicted octanol–water partition coefficient (Wildman–Crippen LogP) is 2.04. The fourth-order valence-electron chi connectivity index (χ4n) is 3.19. The second-order valence-electron chi connectivity index (χ2n) is 6.25. The number of benzene rings is 1. The number of aromatic nitrogens is 2. The Kier molecular flexibility index (Phi) is 5.41. The first-order valence-corrected chi connectivity index (χ1v) is 8.34. The van der Waals surface area contributed by atoms with E-state index in [0.29, 0.717) is 24.2 Å². The van der Waals surface area contributed by atoms with Crippen LogP contribution < -0.4 is 0 Å². The standard InChI is InChI=1S/C18H20FN3O5/c1-26-10-16-14(17(23)27-2)7-20-22(16)9-13-5-12-8-21(18(24)25)4-3-11(12)6-15(13)19/h5-7H,3-4,8-10H2,1-2H3,(H,24,25). The van der Waals surface area contributed by atoms with Gasteiger partial charge in [0.05, 0.1) is 32.2 Å². The van der Waals surface area contributed by atoms with Crippen molar-refractivity contribution in [3.05, 3.63) is 52.1 Å². The van der Waals surface area contributed by atoms with Crippen LogP contribution in [0.1, 0.15) is 32.7 Å². The Hall–Kier alpha value is -2.94. The number of rotatable bonds is 5. The highest BCUT2D eigenvalue weighted by molar-refractivity contribution is 5.90. The van der Waals surface area contributed by atoms with Crippen LogP contribution in [0.25, 0.3) is 0 Å². The SMILES string of the molecule is COCc1c(C(=O)OC)cnn1Cc1cc2c(cc1F)CCN(C(=O)O)C2. The third-order valence-electron chi connectivity index (χ3n) is 4.61. The van der Waals surface area contributed by atoms with Gasteiger partial charge in [-0.3, -0.25) is 4.68 Å². The highest BCUT2D eigenvalue weighted by atomic mass is 19.1. The van der Waals surface area contributed by atoms with E-state index in [9.17, 15) is 19.1 Å². The van der Waals surface area contributed by atoms with Crippen LogP contribution in [-0.2, 0) is 35.6 Å². The lowest BCUT2D eigenvalue weighted by Crippen LogP contribution is -2.35. The van der Waals surface area contributed by atoms with Gasteiger partial charge in [0.2, 0.25) is 0 Å². The highest BCUT2D eigenvalue weighted by Gasteiger charge is 2.23. The van der Waals surface area contributed by atoms with Crippen molar-refractivity contribution in [2.24, 2.45) is 0 Å². The lowest BCUT2D eigenvalue weighted by atomic mass is 9.97. The molecule has 0 aliphatic carbocycles. The van der Waals surface area contributed by atoms with Crippen molar-refractivity contribution in [2.45, 2.75) is 26.1 Å². The van der Waals surface area contributed by atoms with Gasteiger partial charge < -0.3 is 19.5 Å². The van der Waals surface area contributed by atoms with E-state index >= 15 is 0 Å². The predicted molar refractivity (Wildman–Crippen MR) is 91.9 cm³/mol. The van der Waals surface area contributed by atoms with Gasteiger partial charge in [0, 0.05) is 25.8 Å². The molecule has 1 aromatic heterocycles. The molecule has 2 aromatic rings. The van der Waals surface area contributed by atoms with Crippen LogP contribution in [0, 0.1) is 5.82 Å². The van der Waals surface area contributed by atoms with Crippen LogP contribution in [0.2, 0.25) is 0 Å². The van der Waals surface area contributed by atoms with Gasteiger partial charge in [0.1, 0.15) is 11.4 Å². The molecule has 2 heterocycles. The summed E-state index contributed by atoms with van der Waals surface area (Å²) in [5.74, 6) is -0.938. The number of carbonyl (C=O) groups is 2. The van der Waals surface area contributed by atoms with Gasteiger partial charge in [-0.25, -0.2) is 14.0 Å². The van der Waals surface area contributed by atoms with E-state index in [2.05, 4.69) is 5.10 Å². The van der Waals surface area contributed by atoms with E-state index in [4.69, 9.17) is 9.47 Å². The summed E-state index contributed by atoms with van der Waals surface area (Å²) < 4.78 is 25.9. The average Bonchev–Trinajstić information content (AvgIpc) is 3.04. The van der Waals surface area contributed by atoms with Crippen LogP contribution in [0.4, 0.5) is 9.18 Å². The van der Waals surface area contributed by atoms with E-state index in [-0.39, 0.29) is 25.3 Å². The summed E-state index contributed by atoms with van der Waals surface area (Å²) in [7, 11) is 2.76. The zero-order chi connectivity index (χ0) is 19.6. The smallest absolute Gasteiger partial charge is 0.407 e. The molecule has 9 heteroatoms. The second kappa shape index (κ2) is 7.75. The second-order valence-corrected chi connectivity index (χ2v) is 6.25. The number of esters is 1. The van der Waals surface area contributed by atoms with E-state index in [1.165, 1.54) is 36.1 Å². The molecule has 0 atom stereocenters. The molecule has 144 valence electrons. The first-order valence-electron chi connectivity index (χ1n) is 8.34. The highest BCUT2D eigenvalue weighted by Crippen LogP contribution is 2.24. The van der Waals surface area contributed by atoms with Crippen LogP contribution >= 0.6 is 0 Å². The molecule has 0 fully saturated rings. The molecule has 0 radical (unpaired) electrons. The number of amides is 1. The molecule has 0 saturated carbocycles. The maximum atomic E-state index is 14.6. The monoisotopic (exact) mass is 377 g/mol. The molecule has 0 unspecified atom stereocenters. The van der Waals surface area contributed by atoms with Crippen molar-refractivity contribution in [1.82, 2.24) is 14.7 Å². The lowest BCUT2D eigenvalue weighted by molar-refractivity contribution is 0.0595. The van der Waals surface area contributed by atoms with Gasteiger partial charge in [0.15, 0.2) is 0 Å². The van der Waals surface area contributed by atoms with Gasteiger partial charge >= 0.3 is 12.1 Å². The summed E-state index contributed by atoms with van der Waals surface area (Å²) in [6, 6.07) is 3.11. The Morgan fingerprint density at radius 1 is 1.30 bits per heavy atom. The zero-order valence-electron chi connectivity index (χ0n) is 15.1. The van der Waals surface area contributed by atoms with Gasteiger partial charge in [-0.05, 0) is 29.7 Å². The molecular weight excluding hydrogens is 357 g/mol. The number of halogens is 1. The summed E-state index contributed by atoms with van der Waals surface area (Å²) in [4.78, 5) is 24.4. The minimum atomic E-state index is -0.997. The molecule has 1 aromatic carbocycles. The molecule has 0 spiro atoms. The third kappa shape index (κ3) is 3.77. The minimum Gasteiger partial charge on any atom is -0.465 e. The molecule has 1 N–H and O–H groups in total. The number of ether oxygens (including phenoxy) is 2. The van der Waals surface area contributed by atoms with E-state index in [1.807, 2.05) is 0 Å². The number of methoxy groups -OCH3 is 2. The molecule has 1 aliphatic heterocycles. The van der Waals surface area contributed by atoms with Crippen molar-refractivity contribution >= 4 is 12.1 Å². The summed E-state index contributed by atoms with van der Waals surface area (Å²) >= 11 is 0. The maximum absolute atomic E-state index is 14.6. The minimum absolute atomic E-state index is 0.0852. The van der Waals surface area contributed by atoms with Gasteiger partial charge in [-0.15, -0.1) is 0 Å². The molecular formula is C18H20FN3O5. The lowest BCUT2D eigenvalue weighted by Gasteiger charge is -2.27. The molecule has 1 aliphatic rings. The molecule has 1 amide bonds. The molecule has 3 rings (SSSR count). The molecule has 0 bridgehead atoms. The summed E-state index contributed by atoms with van der Waals surface area (Å²) in [6.07, 6.45) is 0.841. The summed E-state index contributed by atoms with van der Waals surface area (Å²) in [5.41, 5.74) is 2.68. The molecule has 0 saturated heterocycles. The Bertz CT molecular complexity index is 880. The van der Waals surface area contributed by atoms with E-state index < -0.39 is 17.9 Å². The van der Waals surface area contributed by atoms with E-state index in [0.717, 1.165) is 11.1 Å². The maximum Gasteiger partial charge on any atom is 0.407 e. The van der Waals surface area contributed by atoms with Gasteiger partial charge in [0.25, 0.3) is 0 Å². The van der Waals surface area contributed by atoms with Crippen LogP contribution in [-0.4, -0.2) is 52.6 Å². The normalized spacial score (nSPS) is 13.4. The number of carbonyl (C=O) groups excluding carboxylic acids is 1. The molecule has 27 heavy (non-hydrogen) atoms. The number of carboxylic acid groups (broad SMARTS) is 1. The van der Waals surface area contributed by atoms with Crippen molar-refractivity contribution in [2.75, 3.05) is 20.8 Å². The Morgan fingerprint density at radius 2 is 2.07 bits per heavy atom. The quantitative estimate of drug-likeness (QED) is 0.802. The van der Waals surface area contributed by atoms with Crippen LogP contribution in [0.3, 0.4) is 0 Å². The Morgan fingerprint density at radius 3 is 2.74 bits per heavy atom. The molecule has 8 nitrogen and oxygen atoms in total. The Labute approximate surface area is 155 Å². The van der Waals surface area contributed by atoms with Gasteiger partial charge in [-0.2, -0.15) is 5.10 Å². The Balaban J connectivity index is 1.92. The fraction of sp³-hybridized carbons (Fsp3) is 0.389. The van der Waals surface area contributed by atoms with Crippen molar-refractivity contribution < 1.29 is 28.6 Å². The van der Waals surface area contributed by atoms with Crippen molar-refractivity contribution in [1.29, 1.82) is 0 Å². The summed E-state index contributed by atoms with van der Waals surface area (Å²) in [6.45, 7) is 0.766. The number of fused-ring (bicyclic) bond motifs is 1. The zero-order valence-corrected chi connectivity index (χ0v) is 15.1. The van der Waals surface area contributed by atoms with E-state index in [1.54, 1.807) is 6.07 Å². The average molecular weight is 377 g/mol. The van der Waals surface area contributed by atoms with Crippen LogP contribution in [0.15, 0.2) is 18.3 Å². The first-order chi connectivity index (χ1) is 12.9. The first kappa shape index (κ1) is 18.8. The number of hydrogen-bond donors (Lipinski definition) is 1. The van der Waals surface area contributed by atoms with Gasteiger partial charge in [-0.1, -0.05) is 0 Å². The third-order valence-corrected chi connectivity index (χ3v) is 4.61. The topological polar surface area (TPSA) is 93.9 Å². The van der Waals surface area contributed by atoms with Crippen LogP contribution in [0.5, 0.6) is 0 Å².